The fourth-order valence-electron chi connectivity index (χ4n) is 2.24. The summed E-state index contributed by atoms with van der Waals surface area (Å²) in [5.74, 6) is 0. The van der Waals surface area contributed by atoms with Gasteiger partial charge in [-0.25, -0.2) is 4.68 Å². The van der Waals surface area contributed by atoms with Crippen LogP contribution in [0.15, 0.2) is 30.6 Å². The summed E-state index contributed by atoms with van der Waals surface area (Å²) in [4.78, 5) is 0. The molecule has 1 aliphatic heterocycles. The topological polar surface area (TPSA) is 36.3 Å². The second kappa shape index (κ2) is 5.27. The summed E-state index contributed by atoms with van der Waals surface area (Å²) in [7, 11) is -0.440. The highest BCUT2D eigenvalue weighted by atomic mass is 35.5. The van der Waals surface area contributed by atoms with Gasteiger partial charge in [-0.1, -0.05) is 23.2 Å². The van der Waals surface area contributed by atoms with E-state index in [1.165, 1.54) is 0 Å². The molecular formula is C15H17BCl2N2O2. The third kappa shape index (κ3) is 2.67. The van der Waals surface area contributed by atoms with Crippen molar-refractivity contribution in [1.29, 1.82) is 0 Å². The molecule has 0 N–H and O–H groups in total. The molecule has 0 unspecified atom stereocenters. The van der Waals surface area contributed by atoms with Crippen LogP contribution in [-0.4, -0.2) is 28.1 Å². The first-order chi connectivity index (χ1) is 10.2. The zero-order valence-corrected chi connectivity index (χ0v) is 14.4. The molecule has 2 heterocycles. The van der Waals surface area contributed by atoms with Crippen molar-refractivity contribution in [2.45, 2.75) is 38.9 Å². The monoisotopic (exact) mass is 338 g/mol. The van der Waals surface area contributed by atoms with Gasteiger partial charge in [-0.3, -0.25) is 0 Å². The standard InChI is InChI=1S/C15H17BCl2N2O2/c1-14(2)15(3,4)22-16(21-14)10-8-19-20(9-10)13-6-5-11(17)7-12(13)18/h5-9H,1-4H3. The molecular weight excluding hydrogens is 322 g/mol. The van der Waals surface area contributed by atoms with E-state index in [2.05, 4.69) is 5.10 Å². The van der Waals surface area contributed by atoms with E-state index in [0.717, 1.165) is 11.2 Å². The fourth-order valence-corrected chi connectivity index (χ4v) is 2.73. The van der Waals surface area contributed by atoms with Crippen LogP contribution in [0.25, 0.3) is 5.69 Å². The molecule has 4 nitrogen and oxygen atoms in total. The average Bonchev–Trinajstić information content (AvgIpc) is 2.93. The van der Waals surface area contributed by atoms with Crippen LogP contribution in [0, 0.1) is 0 Å². The summed E-state index contributed by atoms with van der Waals surface area (Å²) in [6, 6.07) is 5.29. The summed E-state index contributed by atoms with van der Waals surface area (Å²) in [5.41, 5.74) is 0.855. The minimum absolute atomic E-state index is 0.377. The van der Waals surface area contributed by atoms with Gasteiger partial charge >= 0.3 is 7.12 Å². The molecule has 0 amide bonds. The van der Waals surface area contributed by atoms with Gasteiger partial charge in [0, 0.05) is 22.9 Å². The second-order valence-electron chi connectivity index (χ2n) is 6.40. The van der Waals surface area contributed by atoms with Gasteiger partial charge in [-0.05, 0) is 45.9 Å². The first-order valence-electron chi connectivity index (χ1n) is 7.05. The molecule has 1 aromatic carbocycles. The molecule has 0 bridgehead atoms. The van der Waals surface area contributed by atoms with Gasteiger partial charge in [0.2, 0.25) is 0 Å². The van der Waals surface area contributed by atoms with E-state index < -0.39 is 7.12 Å². The average molecular weight is 339 g/mol. The predicted octanol–water partition coefficient (Wildman–Crippen LogP) is 3.48. The SMILES string of the molecule is CC1(C)OB(c2cnn(-c3ccc(Cl)cc3Cl)c2)OC1(C)C. The van der Waals surface area contributed by atoms with Crippen LogP contribution in [0.5, 0.6) is 0 Å². The van der Waals surface area contributed by atoms with E-state index in [4.69, 9.17) is 32.5 Å². The third-order valence-electron chi connectivity index (χ3n) is 4.28. The highest BCUT2D eigenvalue weighted by Crippen LogP contribution is 2.36. The Balaban J connectivity index is 1.89. The summed E-state index contributed by atoms with van der Waals surface area (Å²) < 4.78 is 13.7. The van der Waals surface area contributed by atoms with Crippen LogP contribution < -0.4 is 5.46 Å². The van der Waals surface area contributed by atoms with Crippen LogP contribution in [0.1, 0.15) is 27.7 Å². The van der Waals surface area contributed by atoms with Gasteiger partial charge in [0.15, 0.2) is 0 Å². The molecule has 7 heteroatoms. The second-order valence-corrected chi connectivity index (χ2v) is 7.25. The lowest BCUT2D eigenvalue weighted by Crippen LogP contribution is -2.41. The minimum atomic E-state index is -0.440. The number of halogens is 2. The Morgan fingerprint density at radius 1 is 1.09 bits per heavy atom. The molecule has 0 aliphatic carbocycles. The molecule has 116 valence electrons. The Bertz CT molecular complexity index is 699. The van der Waals surface area contributed by atoms with Crippen molar-refractivity contribution >= 4 is 35.8 Å². The largest absolute Gasteiger partial charge is 0.498 e. The van der Waals surface area contributed by atoms with Gasteiger partial charge < -0.3 is 9.31 Å². The summed E-state index contributed by atoms with van der Waals surface area (Å²) in [5, 5.41) is 5.47. The number of benzene rings is 1. The van der Waals surface area contributed by atoms with Gasteiger partial charge in [0.25, 0.3) is 0 Å². The Morgan fingerprint density at radius 3 is 2.32 bits per heavy atom. The van der Waals surface area contributed by atoms with Crippen molar-refractivity contribution in [2.24, 2.45) is 0 Å². The van der Waals surface area contributed by atoms with E-state index in [1.807, 2.05) is 40.0 Å². The number of rotatable bonds is 2. The lowest BCUT2D eigenvalue weighted by atomic mass is 9.82. The quantitative estimate of drug-likeness (QED) is 0.786. The first kappa shape index (κ1) is 15.9. The molecule has 0 radical (unpaired) electrons. The fraction of sp³-hybridized carbons (Fsp3) is 0.400. The van der Waals surface area contributed by atoms with Gasteiger partial charge in [-0.2, -0.15) is 5.10 Å². The highest BCUT2D eigenvalue weighted by Gasteiger charge is 2.52. The molecule has 22 heavy (non-hydrogen) atoms. The van der Waals surface area contributed by atoms with Crippen LogP contribution >= 0.6 is 23.2 Å². The van der Waals surface area contributed by atoms with Crippen LogP contribution in [0.3, 0.4) is 0 Å². The van der Waals surface area contributed by atoms with E-state index in [9.17, 15) is 0 Å². The zero-order chi connectivity index (χ0) is 16.1. The Labute approximate surface area is 140 Å². The van der Waals surface area contributed by atoms with Crippen LogP contribution in [0.2, 0.25) is 10.0 Å². The highest BCUT2D eigenvalue weighted by molar-refractivity contribution is 6.62. The maximum atomic E-state index is 6.22. The third-order valence-corrected chi connectivity index (χ3v) is 4.82. The van der Waals surface area contributed by atoms with Gasteiger partial charge in [-0.15, -0.1) is 0 Å². The number of hydrogen-bond acceptors (Lipinski definition) is 3. The maximum absolute atomic E-state index is 6.22. The molecule has 1 aliphatic rings. The lowest BCUT2D eigenvalue weighted by Gasteiger charge is -2.32. The molecule has 1 fully saturated rings. The summed E-state index contributed by atoms with van der Waals surface area (Å²) in [6.45, 7) is 8.09. The molecule has 3 rings (SSSR count). The molecule has 1 aromatic heterocycles. The van der Waals surface area contributed by atoms with Crippen molar-refractivity contribution in [1.82, 2.24) is 9.78 Å². The molecule has 1 saturated heterocycles. The molecule has 0 spiro atoms. The van der Waals surface area contributed by atoms with Crippen molar-refractivity contribution in [2.75, 3.05) is 0 Å². The van der Waals surface area contributed by atoms with Crippen molar-refractivity contribution in [3.8, 4) is 5.69 Å². The predicted molar refractivity (Wildman–Crippen MR) is 89.3 cm³/mol. The van der Waals surface area contributed by atoms with Gasteiger partial charge in [0.1, 0.15) is 0 Å². The smallest absolute Gasteiger partial charge is 0.399 e. The molecule has 2 aromatic rings. The normalized spacial score (nSPS) is 19.6. The maximum Gasteiger partial charge on any atom is 0.498 e. The van der Waals surface area contributed by atoms with Crippen LogP contribution in [-0.2, 0) is 9.31 Å². The number of nitrogens with zero attached hydrogens (tertiary/aromatic N) is 2. The van der Waals surface area contributed by atoms with E-state index >= 15 is 0 Å². The van der Waals surface area contributed by atoms with Crippen LogP contribution in [0.4, 0.5) is 0 Å². The summed E-state index contributed by atoms with van der Waals surface area (Å²) in [6.07, 6.45) is 3.59. The van der Waals surface area contributed by atoms with Gasteiger partial charge in [0.05, 0.1) is 21.9 Å². The van der Waals surface area contributed by atoms with E-state index in [1.54, 1.807) is 23.0 Å². The minimum Gasteiger partial charge on any atom is -0.399 e. The van der Waals surface area contributed by atoms with Crippen molar-refractivity contribution < 1.29 is 9.31 Å². The van der Waals surface area contributed by atoms with Crippen molar-refractivity contribution in [3.05, 3.63) is 40.6 Å². The number of hydrogen-bond donors (Lipinski definition) is 0. The molecule has 0 saturated carbocycles. The zero-order valence-electron chi connectivity index (χ0n) is 12.9. The van der Waals surface area contributed by atoms with Crippen molar-refractivity contribution in [3.63, 3.8) is 0 Å². The first-order valence-corrected chi connectivity index (χ1v) is 7.81. The molecule has 0 atom stereocenters. The summed E-state index contributed by atoms with van der Waals surface area (Å²) >= 11 is 12.1. The lowest BCUT2D eigenvalue weighted by molar-refractivity contribution is 0.00578. The van der Waals surface area contributed by atoms with E-state index in [0.29, 0.717) is 10.0 Å². The van der Waals surface area contributed by atoms with E-state index in [-0.39, 0.29) is 11.2 Å². The Kier molecular flexibility index (Phi) is 3.80. The Morgan fingerprint density at radius 2 is 1.73 bits per heavy atom. The Hall–Kier alpha value is -1.01. The number of aromatic nitrogens is 2.